The van der Waals surface area contributed by atoms with Gasteiger partial charge in [0.15, 0.2) is 0 Å². The topological polar surface area (TPSA) is 110 Å². The lowest BCUT2D eigenvalue weighted by atomic mass is 10.2. The van der Waals surface area contributed by atoms with Gasteiger partial charge in [-0.15, -0.1) is 0 Å². The number of hydrogen-bond acceptors (Lipinski definition) is 6. The molecule has 2 heterocycles. The Morgan fingerprint density at radius 2 is 1.93 bits per heavy atom. The molecular weight excluding hydrogens is 426 g/mol. The van der Waals surface area contributed by atoms with Crippen LogP contribution in [-0.2, 0) is 23.6 Å². The van der Waals surface area contributed by atoms with E-state index in [1.54, 1.807) is 12.1 Å². The average molecular weight is 450 g/mol. The molecule has 1 N–H and O–H groups in total. The zero-order valence-electron chi connectivity index (χ0n) is 17.2. The monoisotopic (exact) mass is 449 g/mol. The van der Waals surface area contributed by atoms with E-state index in [1.165, 1.54) is 37.8 Å². The molecule has 2 aromatic heterocycles. The molecule has 11 heteroatoms. The van der Waals surface area contributed by atoms with Crippen molar-refractivity contribution in [1.29, 1.82) is 0 Å². The molecule has 0 saturated heterocycles. The largest absolute Gasteiger partial charge is 0.332 e. The number of hydrogen-bond donors (Lipinski definition) is 1. The molecule has 0 saturated carbocycles. The Morgan fingerprint density at radius 1 is 1.23 bits per heavy atom. The van der Waals surface area contributed by atoms with Gasteiger partial charge in [-0.1, -0.05) is 37.7 Å². The van der Waals surface area contributed by atoms with E-state index in [0.29, 0.717) is 12.1 Å². The molecule has 0 spiro atoms. The smallest absolute Gasteiger partial charge is 0.325 e. The Hall–Kier alpha value is -2.63. The highest BCUT2D eigenvalue weighted by Gasteiger charge is 2.19. The van der Waals surface area contributed by atoms with E-state index in [2.05, 4.69) is 9.97 Å². The third kappa shape index (κ3) is 3.75. The van der Waals surface area contributed by atoms with Gasteiger partial charge in [-0.05, 0) is 18.6 Å². The Balaban J connectivity index is 2.33. The molecule has 0 aliphatic heterocycles. The van der Waals surface area contributed by atoms with Crippen LogP contribution in [0.1, 0.15) is 19.8 Å². The first kappa shape index (κ1) is 22.1. The summed E-state index contributed by atoms with van der Waals surface area (Å²) in [6.45, 7) is 2.41. The SMILES string of the molecule is CCCCn1c(=O)n(C)c(=O)c2c(=S)nc(-c3cccc(S(=O)(=O)N(C)C)c3)[nH]c21. The highest BCUT2D eigenvalue weighted by atomic mass is 32.2. The van der Waals surface area contributed by atoms with Crippen molar-refractivity contribution in [3.8, 4) is 11.4 Å². The van der Waals surface area contributed by atoms with Crippen LogP contribution in [0.15, 0.2) is 38.8 Å². The van der Waals surface area contributed by atoms with Crippen LogP contribution in [0, 0.1) is 4.64 Å². The van der Waals surface area contributed by atoms with E-state index in [4.69, 9.17) is 12.2 Å². The zero-order valence-corrected chi connectivity index (χ0v) is 18.8. The first-order valence-electron chi connectivity index (χ1n) is 9.36. The Kier molecular flexibility index (Phi) is 6.06. The van der Waals surface area contributed by atoms with E-state index in [1.807, 2.05) is 6.92 Å². The fourth-order valence-corrected chi connectivity index (χ4v) is 4.29. The Bertz CT molecular complexity index is 1400. The number of fused-ring (bicyclic) bond motifs is 1. The van der Waals surface area contributed by atoms with Crippen molar-refractivity contribution in [2.24, 2.45) is 7.05 Å². The predicted octanol–water partition coefficient (Wildman–Crippen LogP) is 1.87. The maximum Gasteiger partial charge on any atom is 0.332 e. The number of aryl methyl sites for hydroxylation is 1. The third-order valence-electron chi connectivity index (χ3n) is 4.83. The Labute approximate surface area is 178 Å². The fraction of sp³-hybridized carbons (Fsp3) is 0.368. The number of sulfonamides is 1. The summed E-state index contributed by atoms with van der Waals surface area (Å²) < 4.78 is 28.6. The molecule has 0 aliphatic carbocycles. The highest BCUT2D eigenvalue weighted by Crippen LogP contribution is 2.22. The molecule has 9 nitrogen and oxygen atoms in total. The number of nitrogens with zero attached hydrogens (tertiary/aromatic N) is 4. The highest BCUT2D eigenvalue weighted by molar-refractivity contribution is 7.89. The molecule has 3 rings (SSSR count). The van der Waals surface area contributed by atoms with Crippen molar-refractivity contribution < 1.29 is 8.42 Å². The van der Waals surface area contributed by atoms with Gasteiger partial charge in [0, 0.05) is 33.3 Å². The first-order valence-corrected chi connectivity index (χ1v) is 11.2. The number of aromatic nitrogens is 4. The molecule has 1 aromatic carbocycles. The molecule has 30 heavy (non-hydrogen) atoms. The van der Waals surface area contributed by atoms with Gasteiger partial charge in [-0.3, -0.25) is 13.9 Å². The second-order valence-electron chi connectivity index (χ2n) is 7.08. The van der Waals surface area contributed by atoms with Crippen molar-refractivity contribution in [2.75, 3.05) is 14.1 Å². The van der Waals surface area contributed by atoms with Crippen LogP contribution in [0.2, 0.25) is 0 Å². The maximum atomic E-state index is 12.7. The molecule has 160 valence electrons. The second-order valence-corrected chi connectivity index (χ2v) is 9.62. The van der Waals surface area contributed by atoms with Crippen LogP contribution in [-0.4, -0.2) is 45.9 Å². The summed E-state index contributed by atoms with van der Waals surface area (Å²) in [5.74, 6) is 0.279. The number of nitrogens with one attached hydrogen (secondary N) is 1. The van der Waals surface area contributed by atoms with Crippen LogP contribution in [0.3, 0.4) is 0 Å². The van der Waals surface area contributed by atoms with Crippen molar-refractivity contribution in [1.82, 2.24) is 23.4 Å². The van der Waals surface area contributed by atoms with Gasteiger partial charge >= 0.3 is 5.69 Å². The van der Waals surface area contributed by atoms with Crippen LogP contribution >= 0.6 is 12.2 Å². The van der Waals surface area contributed by atoms with Crippen molar-refractivity contribution in [3.63, 3.8) is 0 Å². The summed E-state index contributed by atoms with van der Waals surface area (Å²) in [5.41, 5.74) is -0.215. The van der Waals surface area contributed by atoms with Crippen LogP contribution in [0.4, 0.5) is 0 Å². The van der Waals surface area contributed by atoms with Crippen molar-refractivity contribution >= 4 is 33.3 Å². The Morgan fingerprint density at radius 3 is 2.57 bits per heavy atom. The number of unbranched alkanes of at least 4 members (excludes halogenated alkanes) is 1. The molecule has 0 atom stereocenters. The van der Waals surface area contributed by atoms with Crippen LogP contribution < -0.4 is 11.2 Å². The van der Waals surface area contributed by atoms with Gasteiger partial charge in [0.1, 0.15) is 21.5 Å². The van der Waals surface area contributed by atoms with E-state index in [-0.39, 0.29) is 26.4 Å². The molecular formula is C19H23N5O4S2. The predicted molar refractivity (Wildman–Crippen MR) is 118 cm³/mol. The second kappa shape index (κ2) is 8.25. The summed E-state index contributed by atoms with van der Waals surface area (Å²) in [7, 11) is 0.666. The van der Waals surface area contributed by atoms with Crippen LogP contribution in [0.25, 0.3) is 22.4 Å². The number of aromatic amines is 1. The number of H-pyrrole nitrogens is 1. The van der Waals surface area contributed by atoms with Gasteiger partial charge in [0.25, 0.3) is 5.56 Å². The van der Waals surface area contributed by atoms with Gasteiger partial charge in [0.05, 0.1) is 4.90 Å². The third-order valence-corrected chi connectivity index (χ3v) is 6.93. The summed E-state index contributed by atoms with van der Waals surface area (Å²) >= 11 is 5.37. The number of rotatable bonds is 6. The van der Waals surface area contributed by atoms with E-state index in [9.17, 15) is 18.0 Å². The summed E-state index contributed by atoms with van der Waals surface area (Å²) in [6, 6.07) is 6.25. The lowest BCUT2D eigenvalue weighted by molar-refractivity contribution is 0.521. The maximum absolute atomic E-state index is 12.7. The van der Waals surface area contributed by atoms with Crippen molar-refractivity contribution in [3.05, 3.63) is 49.7 Å². The molecule has 0 fully saturated rings. The lowest BCUT2D eigenvalue weighted by Crippen LogP contribution is -2.39. The average Bonchev–Trinajstić information content (AvgIpc) is 2.71. The molecule has 3 aromatic rings. The summed E-state index contributed by atoms with van der Waals surface area (Å²) in [6.07, 6.45) is 1.60. The molecule has 0 amide bonds. The van der Waals surface area contributed by atoms with Crippen molar-refractivity contribution in [2.45, 2.75) is 31.2 Å². The van der Waals surface area contributed by atoms with Gasteiger partial charge < -0.3 is 4.98 Å². The lowest BCUT2D eigenvalue weighted by Gasteiger charge is -2.14. The summed E-state index contributed by atoms with van der Waals surface area (Å²) in [4.78, 5) is 32.8. The molecule has 0 aliphatic rings. The quantitative estimate of drug-likeness (QED) is 0.575. The van der Waals surface area contributed by atoms with Gasteiger partial charge in [-0.25, -0.2) is 22.5 Å². The van der Waals surface area contributed by atoms with E-state index < -0.39 is 21.3 Å². The minimum atomic E-state index is -3.64. The molecule has 0 unspecified atom stereocenters. The summed E-state index contributed by atoms with van der Waals surface area (Å²) in [5, 5.41) is 0.157. The molecule has 0 bridgehead atoms. The van der Waals surface area contributed by atoms with E-state index >= 15 is 0 Å². The number of benzene rings is 1. The van der Waals surface area contributed by atoms with Gasteiger partial charge in [-0.2, -0.15) is 0 Å². The zero-order chi connectivity index (χ0) is 22.2. The minimum Gasteiger partial charge on any atom is -0.325 e. The standard InChI is InChI=1S/C19H23N5O4S2/c1-5-6-10-24-16-14(18(25)23(4)19(24)26)17(29)21-15(20-16)12-8-7-9-13(11-12)30(27,28)22(2)3/h7-9,11H,5-6,10H2,1-4H3,(H,20,21,29). The minimum absolute atomic E-state index is 0.0467. The first-order chi connectivity index (χ1) is 14.1. The van der Waals surface area contributed by atoms with E-state index in [0.717, 1.165) is 21.7 Å². The normalized spacial score (nSPS) is 12.0. The fourth-order valence-electron chi connectivity index (χ4n) is 3.06. The molecule has 0 radical (unpaired) electrons. The van der Waals surface area contributed by atoms with Crippen LogP contribution in [0.5, 0.6) is 0 Å². The van der Waals surface area contributed by atoms with Gasteiger partial charge in [0.2, 0.25) is 10.0 Å².